The van der Waals surface area contributed by atoms with Crippen molar-refractivity contribution < 1.29 is 28.6 Å². The smallest absolute Gasteiger partial charge is 0.251 e. The molecule has 0 aliphatic rings. The Morgan fingerprint density at radius 3 is 1.33 bits per heavy atom. The molecule has 380 valence electrons. The van der Waals surface area contributed by atoms with Crippen LogP contribution in [0.5, 0.6) is 5.75 Å². The number of hydrogen-bond donors (Lipinski definition) is 3. The molecule has 1 aromatic rings. The van der Waals surface area contributed by atoms with E-state index in [-0.39, 0.29) is 31.3 Å². The average molecular weight is 925 g/mol. The van der Waals surface area contributed by atoms with E-state index in [9.17, 15) is 14.4 Å². The van der Waals surface area contributed by atoms with Gasteiger partial charge in [-0.1, -0.05) is 154 Å². The third-order valence-corrected chi connectivity index (χ3v) is 12.2. The number of carbonyl (C=O) groups is 3. The second-order valence-electron chi connectivity index (χ2n) is 18.3. The van der Waals surface area contributed by atoms with Crippen molar-refractivity contribution in [2.75, 3.05) is 59.7 Å². The van der Waals surface area contributed by atoms with Gasteiger partial charge in [-0.15, -0.1) is 0 Å². The summed E-state index contributed by atoms with van der Waals surface area (Å²) in [5.74, 6) is -0.144. The molecule has 0 spiro atoms. The number of amides is 3. The number of nitrogens with one attached hydrogen (secondary N) is 2. The van der Waals surface area contributed by atoms with Crippen LogP contribution >= 0.6 is 0 Å². The van der Waals surface area contributed by atoms with Crippen molar-refractivity contribution in [3.05, 3.63) is 54.1 Å². The average Bonchev–Trinajstić information content (AvgIpc) is 3.33. The van der Waals surface area contributed by atoms with E-state index in [1.807, 2.05) is 4.90 Å². The lowest BCUT2D eigenvalue weighted by molar-refractivity contribution is -0.134. The highest BCUT2D eigenvalue weighted by molar-refractivity contribution is 5.94. The minimum Gasteiger partial charge on any atom is -0.497 e. The fourth-order valence-electron chi connectivity index (χ4n) is 7.93. The summed E-state index contributed by atoms with van der Waals surface area (Å²) < 4.78 is 17.1. The maximum absolute atomic E-state index is 13.5. The van der Waals surface area contributed by atoms with E-state index in [0.717, 1.165) is 38.9 Å². The molecule has 1 unspecified atom stereocenters. The zero-order valence-corrected chi connectivity index (χ0v) is 42.7. The number of nitrogens with zero attached hydrogens (tertiary/aromatic N) is 1. The molecular weight excluding hydrogens is 825 g/mol. The third-order valence-electron chi connectivity index (χ3n) is 12.2. The largest absolute Gasteiger partial charge is 0.497 e. The summed E-state index contributed by atoms with van der Waals surface area (Å²) in [7, 11) is 1.57. The van der Waals surface area contributed by atoms with Gasteiger partial charge in [-0.3, -0.25) is 14.4 Å². The Hall–Kier alpha value is -3.21. The summed E-state index contributed by atoms with van der Waals surface area (Å²) >= 11 is 0. The molecule has 1 atom stereocenters. The number of hydrogen-bond acceptors (Lipinski definition) is 7. The highest BCUT2D eigenvalue weighted by atomic mass is 16.5. The van der Waals surface area contributed by atoms with E-state index >= 15 is 0 Å². The minimum atomic E-state index is -0.984. The number of unbranched alkanes of at least 4 members (excludes halogenated alkanes) is 24. The topological polar surface area (TPSA) is 132 Å². The Morgan fingerprint density at radius 1 is 0.530 bits per heavy atom. The van der Waals surface area contributed by atoms with E-state index in [1.165, 1.54) is 167 Å². The second-order valence-corrected chi connectivity index (χ2v) is 18.3. The van der Waals surface area contributed by atoms with E-state index in [1.54, 1.807) is 31.4 Å². The highest BCUT2D eigenvalue weighted by Crippen LogP contribution is 2.14. The minimum absolute atomic E-state index is 0.0866. The van der Waals surface area contributed by atoms with Gasteiger partial charge < -0.3 is 35.5 Å². The van der Waals surface area contributed by atoms with Gasteiger partial charge in [-0.25, -0.2) is 0 Å². The first-order chi connectivity index (χ1) is 32.4. The molecular formula is C56H100N4O6. The SMILES string of the molecule is CCCCCCCCC=CCCCCCCCCOCCCN(CCCOCCCCCCCCC=CCCCCCCCC)C(=O)CC(N)C(=O)NCCNC(=O)c1ccc(OC)cc1. The normalized spacial score (nSPS) is 12.0. The Labute approximate surface area is 404 Å². The lowest BCUT2D eigenvalue weighted by Gasteiger charge is -2.24. The molecule has 4 N–H and O–H groups in total. The summed E-state index contributed by atoms with van der Waals surface area (Å²) in [4.78, 5) is 40.5. The van der Waals surface area contributed by atoms with Crippen LogP contribution in [0.2, 0.25) is 0 Å². The molecule has 0 heterocycles. The van der Waals surface area contributed by atoms with Gasteiger partial charge in [0.1, 0.15) is 5.75 Å². The van der Waals surface area contributed by atoms with Crippen molar-refractivity contribution >= 4 is 17.7 Å². The van der Waals surface area contributed by atoms with Crippen LogP contribution in [0.4, 0.5) is 0 Å². The van der Waals surface area contributed by atoms with Crippen LogP contribution in [0.25, 0.3) is 0 Å². The van der Waals surface area contributed by atoms with E-state index < -0.39 is 11.9 Å². The van der Waals surface area contributed by atoms with Crippen LogP contribution in [-0.4, -0.2) is 88.4 Å². The van der Waals surface area contributed by atoms with Gasteiger partial charge in [0.15, 0.2) is 0 Å². The van der Waals surface area contributed by atoms with E-state index in [4.69, 9.17) is 19.9 Å². The lowest BCUT2D eigenvalue weighted by Crippen LogP contribution is -2.46. The molecule has 10 heteroatoms. The first-order valence-corrected chi connectivity index (χ1v) is 27.1. The summed E-state index contributed by atoms with van der Waals surface area (Å²) in [6, 6.07) is 5.82. The quantitative estimate of drug-likeness (QED) is 0.0438. The number of benzene rings is 1. The van der Waals surface area contributed by atoms with Gasteiger partial charge in [-0.2, -0.15) is 0 Å². The van der Waals surface area contributed by atoms with Crippen molar-refractivity contribution in [2.24, 2.45) is 5.73 Å². The molecule has 10 nitrogen and oxygen atoms in total. The van der Waals surface area contributed by atoms with Crippen molar-refractivity contribution in [1.82, 2.24) is 15.5 Å². The Kier molecular flexibility index (Phi) is 43.2. The van der Waals surface area contributed by atoms with Crippen LogP contribution in [0, 0.1) is 0 Å². The van der Waals surface area contributed by atoms with Crippen molar-refractivity contribution in [2.45, 2.75) is 219 Å². The van der Waals surface area contributed by atoms with Crippen molar-refractivity contribution in [3.63, 3.8) is 0 Å². The number of rotatable bonds is 48. The number of allylic oxidation sites excluding steroid dienone is 4. The predicted molar refractivity (Wildman–Crippen MR) is 277 cm³/mol. The van der Waals surface area contributed by atoms with Crippen LogP contribution in [0.3, 0.4) is 0 Å². The molecule has 66 heavy (non-hydrogen) atoms. The molecule has 0 saturated carbocycles. The maximum Gasteiger partial charge on any atom is 0.251 e. The third kappa shape index (κ3) is 37.8. The summed E-state index contributed by atoms with van der Waals surface area (Å²) in [5, 5.41) is 5.54. The maximum atomic E-state index is 13.5. The molecule has 0 radical (unpaired) electrons. The Morgan fingerprint density at radius 2 is 0.909 bits per heavy atom. The standard InChI is InChI=1S/C56H100N4O6/c1-4-6-8-10-12-14-16-18-20-22-24-26-28-30-32-34-46-65-48-36-44-60(45-37-49-66-47-35-33-31-29-27-25-23-21-19-17-15-13-11-9-7-5-2)54(61)50-53(57)56(63)59-43-42-58-55(62)51-38-40-52(64-3)41-39-51/h18-21,38-41,53H,4-17,22-37,42-50,57H2,1-3H3,(H,58,62)(H,59,63). The molecule has 0 aliphatic carbocycles. The van der Waals surface area contributed by atoms with Gasteiger partial charge >= 0.3 is 0 Å². The Bertz CT molecular complexity index is 1270. The van der Waals surface area contributed by atoms with Gasteiger partial charge in [0, 0.05) is 58.2 Å². The molecule has 0 saturated heterocycles. The predicted octanol–water partition coefficient (Wildman–Crippen LogP) is 13.0. The summed E-state index contributed by atoms with van der Waals surface area (Å²) in [6.07, 6.45) is 46.8. The first kappa shape index (κ1) is 60.8. The summed E-state index contributed by atoms with van der Waals surface area (Å²) in [5.41, 5.74) is 6.71. The molecule has 3 amide bonds. The van der Waals surface area contributed by atoms with E-state index in [2.05, 4.69) is 48.8 Å². The van der Waals surface area contributed by atoms with Crippen LogP contribution in [-0.2, 0) is 19.1 Å². The van der Waals surface area contributed by atoms with Gasteiger partial charge in [0.2, 0.25) is 11.8 Å². The van der Waals surface area contributed by atoms with Crippen LogP contribution in [0.15, 0.2) is 48.6 Å². The first-order valence-electron chi connectivity index (χ1n) is 27.1. The van der Waals surface area contributed by atoms with Gasteiger partial charge in [0.05, 0.1) is 19.6 Å². The monoisotopic (exact) mass is 925 g/mol. The lowest BCUT2D eigenvalue weighted by atomic mass is 10.1. The molecule has 0 aromatic heterocycles. The highest BCUT2D eigenvalue weighted by Gasteiger charge is 2.21. The molecule has 0 aliphatic heterocycles. The number of carbonyl (C=O) groups excluding carboxylic acids is 3. The molecule has 0 fully saturated rings. The van der Waals surface area contributed by atoms with E-state index in [0.29, 0.717) is 37.6 Å². The molecule has 1 aromatic carbocycles. The molecule has 1 rings (SSSR count). The van der Waals surface area contributed by atoms with Crippen LogP contribution < -0.4 is 21.1 Å². The summed E-state index contributed by atoms with van der Waals surface area (Å²) in [6.45, 7) is 8.75. The van der Waals surface area contributed by atoms with Crippen molar-refractivity contribution in [1.29, 1.82) is 0 Å². The fourth-order valence-corrected chi connectivity index (χ4v) is 7.93. The van der Waals surface area contributed by atoms with Gasteiger partial charge in [0.25, 0.3) is 5.91 Å². The second kappa shape index (κ2) is 46.9. The fraction of sp³-hybridized carbons (Fsp3) is 0.768. The molecule has 0 bridgehead atoms. The van der Waals surface area contributed by atoms with Crippen LogP contribution in [0.1, 0.15) is 223 Å². The zero-order valence-electron chi connectivity index (χ0n) is 42.7. The zero-order chi connectivity index (χ0) is 47.8. The van der Waals surface area contributed by atoms with Crippen molar-refractivity contribution in [3.8, 4) is 5.75 Å². The number of ether oxygens (including phenoxy) is 3. The van der Waals surface area contributed by atoms with Gasteiger partial charge in [-0.05, 0) is 101 Å². The number of methoxy groups -OCH3 is 1. The number of nitrogens with two attached hydrogens (primary N) is 1. The Balaban J connectivity index is 2.31.